The number of likely N-dealkylation sites (N-methyl/N-ethyl adjacent to an activating group) is 1. The number of nitrogens with one attached hydrogen (secondary N) is 1. The first-order chi connectivity index (χ1) is 9.34. The molecule has 1 aromatic rings. The van der Waals surface area contributed by atoms with Gasteiger partial charge in [-0.15, -0.1) is 0 Å². The van der Waals surface area contributed by atoms with E-state index in [9.17, 15) is 0 Å². The predicted octanol–water partition coefficient (Wildman–Crippen LogP) is 2.62. The molecular weight excluding hydrogens is 232 g/mol. The van der Waals surface area contributed by atoms with E-state index >= 15 is 0 Å². The van der Waals surface area contributed by atoms with Gasteiger partial charge in [0.15, 0.2) is 0 Å². The molecule has 1 fully saturated rings. The summed E-state index contributed by atoms with van der Waals surface area (Å²) < 4.78 is 0. The standard InChI is InChI=1S/C17H26N2/c1-19(16-7-4-11-18-12-10-16)17-9-8-14-5-2-3-6-15(14)13-17/h2-3,5-6,16-18H,4,7-13H2,1H3. The quantitative estimate of drug-likeness (QED) is 0.877. The third-order valence-electron chi connectivity index (χ3n) is 5.02. The van der Waals surface area contributed by atoms with Crippen molar-refractivity contribution in [1.82, 2.24) is 10.2 Å². The zero-order valence-corrected chi connectivity index (χ0v) is 12.1. The average molecular weight is 258 g/mol. The van der Waals surface area contributed by atoms with E-state index in [4.69, 9.17) is 0 Å². The molecule has 1 N–H and O–H groups in total. The molecule has 1 aromatic carbocycles. The lowest BCUT2D eigenvalue weighted by atomic mass is 9.87. The highest BCUT2D eigenvalue weighted by Crippen LogP contribution is 2.26. The Morgan fingerprint density at radius 1 is 1.00 bits per heavy atom. The predicted molar refractivity (Wildman–Crippen MR) is 80.5 cm³/mol. The fourth-order valence-electron chi connectivity index (χ4n) is 3.73. The summed E-state index contributed by atoms with van der Waals surface area (Å²) in [4.78, 5) is 2.68. The minimum absolute atomic E-state index is 0.748. The first-order valence-electron chi connectivity index (χ1n) is 7.84. The van der Waals surface area contributed by atoms with E-state index in [0.29, 0.717) is 0 Å². The molecule has 2 atom stereocenters. The van der Waals surface area contributed by atoms with Gasteiger partial charge in [0.05, 0.1) is 0 Å². The zero-order valence-electron chi connectivity index (χ0n) is 12.1. The molecule has 2 nitrogen and oxygen atoms in total. The lowest BCUT2D eigenvalue weighted by Gasteiger charge is -2.37. The number of nitrogens with zero attached hydrogens (tertiary/aromatic N) is 1. The third-order valence-corrected chi connectivity index (χ3v) is 5.02. The van der Waals surface area contributed by atoms with Crippen LogP contribution in [0.15, 0.2) is 24.3 Å². The van der Waals surface area contributed by atoms with Crippen LogP contribution in [-0.2, 0) is 12.8 Å². The van der Waals surface area contributed by atoms with Crippen molar-refractivity contribution in [1.29, 1.82) is 0 Å². The molecule has 0 spiro atoms. The summed E-state index contributed by atoms with van der Waals surface area (Å²) >= 11 is 0. The second-order valence-electron chi connectivity index (χ2n) is 6.17. The maximum Gasteiger partial charge on any atom is 0.0139 e. The molecule has 0 bridgehead atoms. The zero-order chi connectivity index (χ0) is 13.1. The van der Waals surface area contributed by atoms with E-state index in [-0.39, 0.29) is 0 Å². The summed E-state index contributed by atoms with van der Waals surface area (Å²) in [6.07, 6.45) is 7.85. The highest BCUT2D eigenvalue weighted by Gasteiger charge is 2.26. The fourth-order valence-corrected chi connectivity index (χ4v) is 3.73. The Morgan fingerprint density at radius 3 is 2.74 bits per heavy atom. The molecule has 0 saturated carbocycles. The van der Waals surface area contributed by atoms with E-state index in [1.165, 1.54) is 51.6 Å². The topological polar surface area (TPSA) is 15.3 Å². The van der Waals surface area contributed by atoms with Gasteiger partial charge in [-0.2, -0.15) is 0 Å². The van der Waals surface area contributed by atoms with Gasteiger partial charge in [0.25, 0.3) is 0 Å². The number of aryl methyl sites for hydroxylation is 1. The van der Waals surface area contributed by atoms with Gasteiger partial charge in [0.1, 0.15) is 0 Å². The van der Waals surface area contributed by atoms with Crippen LogP contribution in [0.25, 0.3) is 0 Å². The molecule has 0 aromatic heterocycles. The van der Waals surface area contributed by atoms with Crippen molar-refractivity contribution in [3.63, 3.8) is 0 Å². The SMILES string of the molecule is CN(C1CCCNCC1)C1CCc2ccccc2C1. The number of rotatable bonds is 2. The molecule has 2 heteroatoms. The van der Waals surface area contributed by atoms with Crippen molar-refractivity contribution in [2.75, 3.05) is 20.1 Å². The van der Waals surface area contributed by atoms with E-state index in [1.807, 2.05) is 0 Å². The van der Waals surface area contributed by atoms with Crippen molar-refractivity contribution >= 4 is 0 Å². The Morgan fingerprint density at radius 2 is 1.84 bits per heavy atom. The van der Waals surface area contributed by atoms with Crippen LogP contribution in [0, 0.1) is 0 Å². The summed E-state index contributed by atoms with van der Waals surface area (Å²) in [5.41, 5.74) is 3.16. The van der Waals surface area contributed by atoms with Gasteiger partial charge in [-0.3, -0.25) is 0 Å². The number of hydrogen-bond donors (Lipinski definition) is 1. The van der Waals surface area contributed by atoms with Crippen LogP contribution in [0.2, 0.25) is 0 Å². The number of hydrogen-bond acceptors (Lipinski definition) is 2. The van der Waals surface area contributed by atoms with Crippen molar-refractivity contribution in [3.05, 3.63) is 35.4 Å². The highest BCUT2D eigenvalue weighted by molar-refractivity contribution is 5.30. The van der Waals surface area contributed by atoms with Crippen molar-refractivity contribution < 1.29 is 0 Å². The maximum absolute atomic E-state index is 3.52. The van der Waals surface area contributed by atoms with Crippen LogP contribution in [0.4, 0.5) is 0 Å². The second-order valence-corrected chi connectivity index (χ2v) is 6.17. The Kier molecular flexibility index (Phi) is 4.19. The smallest absolute Gasteiger partial charge is 0.0139 e. The lowest BCUT2D eigenvalue weighted by molar-refractivity contribution is 0.147. The van der Waals surface area contributed by atoms with Gasteiger partial charge in [-0.05, 0) is 69.8 Å². The third kappa shape index (κ3) is 3.01. The van der Waals surface area contributed by atoms with Gasteiger partial charge < -0.3 is 10.2 Å². The minimum atomic E-state index is 0.748. The monoisotopic (exact) mass is 258 g/mol. The molecule has 3 rings (SSSR count). The largest absolute Gasteiger partial charge is 0.317 e. The maximum atomic E-state index is 3.52. The van der Waals surface area contributed by atoms with Gasteiger partial charge >= 0.3 is 0 Å². The number of benzene rings is 1. The Balaban J connectivity index is 1.66. The Hall–Kier alpha value is -0.860. The molecule has 0 radical (unpaired) electrons. The summed E-state index contributed by atoms with van der Waals surface area (Å²) in [6, 6.07) is 10.5. The molecule has 1 aliphatic heterocycles. The Labute approximate surface area is 117 Å². The molecule has 1 aliphatic carbocycles. The van der Waals surface area contributed by atoms with Crippen molar-refractivity contribution in [2.45, 2.75) is 50.6 Å². The van der Waals surface area contributed by atoms with Crippen LogP contribution in [0.3, 0.4) is 0 Å². The molecule has 0 amide bonds. The first kappa shape index (κ1) is 13.1. The van der Waals surface area contributed by atoms with Crippen molar-refractivity contribution in [2.24, 2.45) is 0 Å². The minimum Gasteiger partial charge on any atom is -0.317 e. The molecule has 104 valence electrons. The molecule has 2 unspecified atom stereocenters. The van der Waals surface area contributed by atoms with E-state index in [0.717, 1.165) is 12.1 Å². The molecule has 2 aliphatic rings. The molecule has 1 heterocycles. The van der Waals surface area contributed by atoms with Gasteiger partial charge in [-0.25, -0.2) is 0 Å². The summed E-state index contributed by atoms with van der Waals surface area (Å²) in [5, 5.41) is 3.52. The van der Waals surface area contributed by atoms with Crippen molar-refractivity contribution in [3.8, 4) is 0 Å². The van der Waals surface area contributed by atoms with Crippen LogP contribution in [0.5, 0.6) is 0 Å². The fraction of sp³-hybridized carbons (Fsp3) is 0.647. The second kappa shape index (κ2) is 6.06. The van der Waals surface area contributed by atoms with E-state index in [2.05, 4.69) is 41.5 Å². The van der Waals surface area contributed by atoms with Gasteiger partial charge in [0, 0.05) is 12.1 Å². The summed E-state index contributed by atoms with van der Waals surface area (Å²) in [7, 11) is 2.36. The normalized spacial score (nSPS) is 27.9. The highest BCUT2D eigenvalue weighted by atomic mass is 15.2. The molecule has 19 heavy (non-hydrogen) atoms. The van der Waals surface area contributed by atoms with Crippen LogP contribution >= 0.6 is 0 Å². The summed E-state index contributed by atoms with van der Waals surface area (Å²) in [6.45, 7) is 2.40. The number of fused-ring (bicyclic) bond motifs is 1. The average Bonchev–Trinajstić information content (AvgIpc) is 2.75. The first-order valence-corrected chi connectivity index (χ1v) is 7.84. The molecule has 1 saturated heterocycles. The lowest BCUT2D eigenvalue weighted by Crippen LogP contribution is -2.43. The van der Waals surface area contributed by atoms with Crippen LogP contribution in [-0.4, -0.2) is 37.1 Å². The van der Waals surface area contributed by atoms with E-state index in [1.54, 1.807) is 11.1 Å². The summed E-state index contributed by atoms with van der Waals surface area (Å²) in [5.74, 6) is 0. The molecular formula is C17H26N2. The van der Waals surface area contributed by atoms with E-state index < -0.39 is 0 Å². The van der Waals surface area contributed by atoms with Gasteiger partial charge in [0.2, 0.25) is 0 Å². The Bertz CT molecular complexity index is 407. The van der Waals surface area contributed by atoms with Crippen LogP contribution < -0.4 is 5.32 Å². The van der Waals surface area contributed by atoms with Gasteiger partial charge in [-0.1, -0.05) is 24.3 Å². The van der Waals surface area contributed by atoms with Crippen LogP contribution in [0.1, 0.15) is 36.8 Å².